The largest absolute Gasteiger partial charge is 0.343 e. The summed E-state index contributed by atoms with van der Waals surface area (Å²) in [4.78, 5) is 27.0. The van der Waals surface area contributed by atoms with Crippen LogP contribution < -0.4 is 16.4 Å². The number of rotatable bonds is 7. The van der Waals surface area contributed by atoms with Gasteiger partial charge in [-0.25, -0.2) is 0 Å². The predicted molar refractivity (Wildman–Crippen MR) is 111 cm³/mol. The number of carbonyl (C=O) groups is 2. The van der Waals surface area contributed by atoms with Crippen molar-refractivity contribution in [3.8, 4) is 0 Å². The number of fused-ring (bicyclic) bond motifs is 1. The summed E-state index contributed by atoms with van der Waals surface area (Å²) in [6, 6.07) is 8.08. The molecule has 3 rings (SSSR count). The number of piperazine rings is 1. The molecule has 2 heterocycles. The van der Waals surface area contributed by atoms with Gasteiger partial charge in [0, 0.05) is 19.1 Å². The second-order valence-corrected chi connectivity index (χ2v) is 9.11. The zero-order chi connectivity index (χ0) is 20.3. The van der Waals surface area contributed by atoms with Crippen LogP contribution in [0.5, 0.6) is 0 Å². The highest BCUT2D eigenvalue weighted by molar-refractivity contribution is 5.97. The van der Waals surface area contributed by atoms with Gasteiger partial charge in [-0.05, 0) is 48.8 Å². The molecule has 28 heavy (non-hydrogen) atoms. The van der Waals surface area contributed by atoms with Gasteiger partial charge in [-0.3, -0.25) is 9.59 Å². The Morgan fingerprint density at radius 3 is 2.54 bits per heavy atom. The zero-order valence-corrected chi connectivity index (χ0v) is 17.3. The van der Waals surface area contributed by atoms with Crippen molar-refractivity contribution in [1.82, 2.24) is 15.5 Å². The quantitative estimate of drug-likeness (QED) is 0.622. The number of nitrogens with two attached hydrogens (primary N) is 1. The lowest BCUT2D eigenvalue weighted by molar-refractivity contribution is -0.147. The first-order valence-corrected chi connectivity index (χ1v) is 10.4. The van der Waals surface area contributed by atoms with E-state index in [1.165, 1.54) is 11.1 Å². The van der Waals surface area contributed by atoms with Crippen LogP contribution in [-0.4, -0.2) is 47.9 Å². The van der Waals surface area contributed by atoms with Gasteiger partial charge in [-0.1, -0.05) is 45.0 Å². The van der Waals surface area contributed by atoms with Crippen molar-refractivity contribution >= 4 is 11.8 Å². The summed E-state index contributed by atoms with van der Waals surface area (Å²) in [7, 11) is 0. The Morgan fingerprint density at radius 1 is 1.18 bits per heavy atom. The van der Waals surface area contributed by atoms with Crippen molar-refractivity contribution in [1.29, 1.82) is 0 Å². The van der Waals surface area contributed by atoms with Crippen molar-refractivity contribution in [3.63, 3.8) is 0 Å². The van der Waals surface area contributed by atoms with Crippen molar-refractivity contribution < 1.29 is 9.59 Å². The van der Waals surface area contributed by atoms with Gasteiger partial charge in [0.15, 0.2) is 0 Å². The maximum Gasteiger partial charge on any atom is 0.245 e. The molecular formula is C22H34N4O2. The molecule has 3 atom stereocenters. The topological polar surface area (TPSA) is 87.5 Å². The molecule has 4 N–H and O–H groups in total. The van der Waals surface area contributed by atoms with Crippen LogP contribution in [0.3, 0.4) is 0 Å². The molecule has 0 unspecified atom stereocenters. The maximum absolute atomic E-state index is 12.8. The molecule has 2 saturated heterocycles. The number of nitrogens with one attached hydrogen (secondary N) is 2. The van der Waals surface area contributed by atoms with Crippen molar-refractivity contribution in [2.24, 2.45) is 5.73 Å². The van der Waals surface area contributed by atoms with Gasteiger partial charge in [0.25, 0.3) is 0 Å². The number of benzene rings is 1. The number of amides is 2. The van der Waals surface area contributed by atoms with Gasteiger partial charge in [0.1, 0.15) is 12.1 Å². The van der Waals surface area contributed by atoms with E-state index in [-0.39, 0.29) is 35.4 Å². The average Bonchev–Trinajstić information content (AvgIpc) is 3.09. The minimum Gasteiger partial charge on any atom is -0.343 e. The molecule has 2 fully saturated rings. The van der Waals surface area contributed by atoms with Crippen LogP contribution >= 0.6 is 0 Å². The summed E-state index contributed by atoms with van der Waals surface area (Å²) < 4.78 is 0. The molecule has 154 valence electrons. The summed E-state index contributed by atoms with van der Waals surface area (Å²) in [6.45, 7) is 8.58. The summed E-state index contributed by atoms with van der Waals surface area (Å²) in [5.41, 5.74) is 8.21. The lowest BCUT2D eigenvalue weighted by Gasteiger charge is -2.34. The maximum atomic E-state index is 12.8. The lowest BCUT2D eigenvalue weighted by atomic mass is 9.87. The molecule has 0 radical (unpaired) electrons. The summed E-state index contributed by atoms with van der Waals surface area (Å²) in [6.07, 6.45) is 3.08. The predicted octanol–water partition coefficient (Wildman–Crippen LogP) is 1.67. The van der Waals surface area contributed by atoms with Crippen molar-refractivity contribution in [3.05, 3.63) is 35.4 Å². The van der Waals surface area contributed by atoms with Crippen molar-refractivity contribution in [2.45, 2.75) is 76.5 Å². The Balaban J connectivity index is 1.54. The fraction of sp³-hybridized carbons (Fsp3) is 0.636. The molecule has 1 aromatic carbocycles. The first-order chi connectivity index (χ1) is 13.3. The molecule has 0 aromatic heterocycles. The fourth-order valence-electron chi connectivity index (χ4n) is 4.08. The van der Waals surface area contributed by atoms with E-state index in [0.29, 0.717) is 25.9 Å². The van der Waals surface area contributed by atoms with E-state index in [1.807, 2.05) is 0 Å². The fourth-order valence-corrected chi connectivity index (χ4v) is 4.08. The lowest BCUT2D eigenvalue weighted by Crippen LogP contribution is -2.61. The average molecular weight is 387 g/mol. The normalized spacial score (nSPS) is 25.0. The Labute approximate surface area is 168 Å². The van der Waals surface area contributed by atoms with Gasteiger partial charge in [-0.15, -0.1) is 0 Å². The van der Waals surface area contributed by atoms with Crippen LogP contribution in [0, 0.1) is 0 Å². The molecule has 0 aliphatic carbocycles. The Kier molecular flexibility index (Phi) is 6.40. The SMILES string of the molecule is CC(C)(C)c1ccc(CN[C@H]2C[C@H]3C(=O)N[C@@H](CCCCN)C(=O)N3C2)cc1. The van der Waals surface area contributed by atoms with Crippen LogP contribution in [0.2, 0.25) is 0 Å². The number of hydrogen-bond acceptors (Lipinski definition) is 4. The Bertz CT molecular complexity index is 695. The highest BCUT2D eigenvalue weighted by atomic mass is 16.2. The van der Waals surface area contributed by atoms with E-state index < -0.39 is 0 Å². The molecule has 0 bridgehead atoms. The zero-order valence-electron chi connectivity index (χ0n) is 17.3. The third-order valence-corrected chi connectivity index (χ3v) is 5.86. The van der Waals surface area contributed by atoms with Crippen LogP contribution in [0.4, 0.5) is 0 Å². The van der Waals surface area contributed by atoms with Gasteiger partial charge >= 0.3 is 0 Å². The van der Waals surface area contributed by atoms with E-state index in [0.717, 1.165) is 19.4 Å². The molecular weight excluding hydrogens is 352 g/mol. The monoisotopic (exact) mass is 386 g/mol. The Hall–Kier alpha value is -1.92. The number of nitrogens with zero attached hydrogens (tertiary/aromatic N) is 1. The van der Waals surface area contributed by atoms with E-state index >= 15 is 0 Å². The second-order valence-electron chi connectivity index (χ2n) is 9.11. The van der Waals surface area contributed by atoms with E-state index in [4.69, 9.17) is 5.73 Å². The first kappa shape index (κ1) is 20.8. The van der Waals surface area contributed by atoms with Gasteiger partial charge in [0.05, 0.1) is 0 Å². The highest BCUT2D eigenvalue weighted by Crippen LogP contribution is 2.25. The van der Waals surface area contributed by atoms with Gasteiger partial charge in [-0.2, -0.15) is 0 Å². The third-order valence-electron chi connectivity index (χ3n) is 5.86. The molecule has 0 spiro atoms. The number of carbonyl (C=O) groups excluding carboxylic acids is 2. The van der Waals surface area contributed by atoms with Crippen LogP contribution in [0.15, 0.2) is 24.3 Å². The smallest absolute Gasteiger partial charge is 0.245 e. The van der Waals surface area contributed by atoms with Crippen LogP contribution in [-0.2, 0) is 21.5 Å². The minimum atomic E-state index is -0.390. The van der Waals surface area contributed by atoms with Crippen LogP contribution in [0.1, 0.15) is 57.6 Å². The second kappa shape index (κ2) is 8.62. The summed E-state index contributed by atoms with van der Waals surface area (Å²) in [5, 5.41) is 6.44. The molecule has 2 aliphatic heterocycles. The molecule has 1 aromatic rings. The summed E-state index contributed by atoms with van der Waals surface area (Å²) in [5.74, 6) is 0.0385. The highest BCUT2D eigenvalue weighted by Gasteiger charge is 2.45. The number of hydrogen-bond donors (Lipinski definition) is 3. The number of unbranched alkanes of at least 4 members (excludes halogenated alkanes) is 1. The molecule has 2 aliphatic rings. The molecule has 6 heteroatoms. The van der Waals surface area contributed by atoms with E-state index in [2.05, 4.69) is 55.7 Å². The Morgan fingerprint density at radius 2 is 1.89 bits per heavy atom. The van der Waals surface area contributed by atoms with E-state index in [9.17, 15) is 9.59 Å². The van der Waals surface area contributed by atoms with Crippen molar-refractivity contribution in [2.75, 3.05) is 13.1 Å². The molecule has 6 nitrogen and oxygen atoms in total. The molecule has 0 saturated carbocycles. The van der Waals surface area contributed by atoms with Gasteiger partial charge < -0.3 is 21.3 Å². The minimum absolute atomic E-state index is 0.0174. The standard InChI is InChI=1S/C22H34N4O2/c1-22(2,3)16-9-7-15(8-10-16)13-24-17-12-19-20(27)25-18(6-4-5-11-23)21(28)26(19)14-17/h7-10,17-19,24H,4-6,11-14,23H2,1-3H3,(H,25,27)/t17-,18-,19-/m0/s1. The van der Waals surface area contributed by atoms with Crippen LogP contribution in [0.25, 0.3) is 0 Å². The van der Waals surface area contributed by atoms with E-state index in [1.54, 1.807) is 4.90 Å². The summed E-state index contributed by atoms with van der Waals surface area (Å²) >= 11 is 0. The molecule has 2 amide bonds. The van der Waals surface area contributed by atoms with Gasteiger partial charge in [0.2, 0.25) is 11.8 Å². The third kappa shape index (κ3) is 4.73. The first-order valence-electron chi connectivity index (χ1n) is 10.4.